The Hall–Kier alpha value is -2.37. The lowest BCUT2D eigenvalue weighted by Gasteiger charge is -2.06. The van der Waals surface area contributed by atoms with Crippen molar-refractivity contribution in [2.24, 2.45) is 0 Å². The number of rotatable bonds is 1. The highest BCUT2D eigenvalue weighted by Gasteiger charge is 2.29. The molecule has 0 unspecified atom stereocenters. The van der Waals surface area contributed by atoms with Crippen molar-refractivity contribution >= 4 is 11.0 Å². The van der Waals surface area contributed by atoms with E-state index in [9.17, 15) is 22.0 Å². The third kappa shape index (κ3) is 1.82. The predicted molar refractivity (Wildman–Crippen MR) is 66.2 cm³/mol. The Balaban J connectivity index is 2.41. The van der Waals surface area contributed by atoms with Crippen LogP contribution in [0.4, 0.5) is 22.0 Å². The van der Waals surface area contributed by atoms with Gasteiger partial charge in [-0.15, -0.1) is 0 Å². The Morgan fingerprint density at radius 2 is 1.29 bits per heavy atom. The van der Waals surface area contributed by atoms with Crippen molar-refractivity contribution in [1.82, 2.24) is 0 Å². The summed E-state index contributed by atoms with van der Waals surface area (Å²) in [4.78, 5) is 0. The molecule has 0 bridgehead atoms. The van der Waals surface area contributed by atoms with Gasteiger partial charge in [0.1, 0.15) is 11.3 Å². The van der Waals surface area contributed by atoms with Crippen LogP contribution in [-0.2, 0) is 0 Å². The van der Waals surface area contributed by atoms with Crippen molar-refractivity contribution in [2.45, 2.75) is 6.92 Å². The van der Waals surface area contributed by atoms with Gasteiger partial charge >= 0.3 is 0 Å². The molecule has 6 heteroatoms. The highest BCUT2D eigenvalue weighted by Crippen LogP contribution is 2.37. The van der Waals surface area contributed by atoms with Crippen LogP contribution in [0.2, 0.25) is 0 Å². The summed E-state index contributed by atoms with van der Waals surface area (Å²) in [5, 5.41) is 0.538. The number of aryl methyl sites for hydroxylation is 1. The number of hydrogen-bond donors (Lipinski definition) is 0. The van der Waals surface area contributed by atoms with E-state index in [1.807, 2.05) is 0 Å². The SMILES string of the molecule is Cc1c(-c2c(F)c(F)c(F)c(F)c2F)oc2ccccc12. The van der Waals surface area contributed by atoms with Crippen molar-refractivity contribution in [2.75, 3.05) is 0 Å². The molecule has 108 valence electrons. The highest BCUT2D eigenvalue weighted by molar-refractivity contribution is 5.87. The molecular formula is C15H7F5O. The summed E-state index contributed by atoms with van der Waals surface area (Å²) in [6.07, 6.45) is 0. The van der Waals surface area contributed by atoms with Gasteiger partial charge in [0.05, 0.1) is 5.56 Å². The normalized spacial score (nSPS) is 11.3. The van der Waals surface area contributed by atoms with Crippen LogP contribution >= 0.6 is 0 Å². The zero-order valence-electron chi connectivity index (χ0n) is 10.6. The van der Waals surface area contributed by atoms with E-state index in [2.05, 4.69) is 0 Å². The summed E-state index contributed by atoms with van der Waals surface area (Å²) < 4.78 is 72.5. The number of hydrogen-bond acceptors (Lipinski definition) is 1. The zero-order valence-corrected chi connectivity index (χ0v) is 10.6. The summed E-state index contributed by atoms with van der Waals surface area (Å²) >= 11 is 0. The molecule has 21 heavy (non-hydrogen) atoms. The molecule has 0 spiro atoms. The predicted octanol–water partition coefficient (Wildman–Crippen LogP) is 5.10. The first-order chi connectivity index (χ1) is 9.93. The highest BCUT2D eigenvalue weighted by atomic mass is 19.2. The van der Waals surface area contributed by atoms with Crippen LogP contribution in [0.15, 0.2) is 28.7 Å². The Morgan fingerprint density at radius 1 is 0.762 bits per heavy atom. The van der Waals surface area contributed by atoms with Gasteiger partial charge in [-0.05, 0) is 13.0 Å². The monoisotopic (exact) mass is 298 g/mol. The second-order valence-corrected chi connectivity index (χ2v) is 4.50. The van der Waals surface area contributed by atoms with Gasteiger partial charge in [-0.2, -0.15) is 0 Å². The average molecular weight is 298 g/mol. The molecule has 1 aromatic heterocycles. The standard InChI is InChI=1S/C15H7F5O/c1-6-7-4-2-3-5-8(7)21-15(6)9-10(16)12(18)14(20)13(19)11(9)17/h2-5H,1H3. The van der Waals surface area contributed by atoms with Gasteiger partial charge in [-0.3, -0.25) is 0 Å². The number of fused-ring (bicyclic) bond motifs is 1. The Bertz CT molecular complexity index is 837. The lowest BCUT2D eigenvalue weighted by Crippen LogP contribution is -2.04. The largest absolute Gasteiger partial charge is 0.456 e. The van der Waals surface area contributed by atoms with Gasteiger partial charge in [0.15, 0.2) is 23.3 Å². The zero-order chi connectivity index (χ0) is 15.3. The molecule has 0 saturated carbocycles. The number of para-hydroxylation sites is 1. The fourth-order valence-electron chi connectivity index (χ4n) is 2.22. The molecule has 1 heterocycles. The number of halogens is 5. The molecule has 0 N–H and O–H groups in total. The molecule has 3 rings (SSSR count). The average Bonchev–Trinajstić information content (AvgIpc) is 2.81. The summed E-state index contributed by atoms with van der Waals surface area (Å²) in [5.41, 5.74) is -0.456. The molecule has 0 atom stereocenters. The Morgan fingerprint density at radius 3 is 1.86 bits per heavy atom. The minimum atomic E-state index is -2.19. The van der Waals surface area contributed by atoms with Crippen LogP contribution in [-0.4, -0.2) is 0 Å². The molecule has 2 aromatic carbocycles. The summed E-state index contributed by atoms with van der Waals surface area (Å²) in [7, 11) is 0. The van der Waals surface area contributed by atoms with Crippen LogP contribution in [0.1, 0.15) is 5.56 Å². The van der Waals surface area contributed by atoms with Gasteiger partial charge in [-0.1, -0.05) is 18.2 Å². The van der Waals surface area contributed by atoms with Crippen LogP contribution < -0.4 is 0 Å². The van der Waals surface area contributed by atoms with E-state index < -0.39 is 34.6 Å². The molecule has 0 saturated heterocycles. The van der Waals surface area contributed by atoms with E-state index in [-0.39, 0.29) is 5.76 Å². The first-order valence-corrected chi connectivity index (χ1v) is 5.93. The van der Waals surface area contributed by atoms with Crippen LogP contribution in [0.5, 0.6) is 0 Å². The maximum Gasteiger partial charge on any atom is 0.200 e. The summed E-state index contributed by atoms with van der Waals surface area (Å²) in [6.45, 7) is 1.49. The minimum Gasteiger partial charge on any atom is -0.456 e. The Kier molecular flexibility index (Phi) is 2.97. The lowest BCUT2D eigenvalue weighted by molar-refractivity contribution is 0.379. The minimum absolute atomic E-state index is 0.300. The van der Waals surface area contributed by atoms with Gasteiger partial charge in [0.25, 0.3) is 0 Å². The summed E-state index contributed by atoms with van der Waals surface area (Å²) in [5.74, 6) is -10.4. The van der Waals surface area contributed by atoms with E-state index in [0.29, 0.717) is 16.5 Å². The first-order valence-electron chi connectivity index (χ1n) is 5.93. The topological polar surface area (TPSA) is 13.1 Å². The molecule has 3 aromatic rings. The van der Waals surface area contributed by atoms with E-state index in [1.54, 1.807) is 18.2 Å². The van der Waals surface area contributed by atoms with Crippen molar-refractivity contribution in [3.63, 3.8) is 0 Å². The Labute approximate surface area is 115 Å². The van der Waals surface area contributed by atoms with Crippen molar-refractivity contribution in [1.29, 1.82) is 0 Å². The fourth-order valence-corrected chi connectivity index (χ4v) is 2.22. The molecule has 0 amide bonds. The van der Waals surface area contributed by atoms with Gasteiger partial charge in [-0.25, -0.2) is 22.0 Å². The number of benzene rings is 2. The molecular weight excluding hydrogens is 291 g/mol. The van der Waals surface area contributed by atoms with E-state index in [1.165, 1.54) is 13.0 Å². The second kappa shape index (κ2) is 4.58. The van der Waals surface area contributed by atoms with Crippen molar-refractivity contribution in [3.05, 3.63) is 58.9 Å². The molecule has 0 aliphatic rings. The lowest BCUT2D eigenvalue weighted by atomic mass is 10.0. The second-order valence-electron chi connectivity index (χ2n) is 4.50. The number of furan rings is 1. The van der Waals surface area contributed by atoms with E-state index in [4.69, 9.17) is 4.42 Å². The molecule has 1 nitrogen and oxygen atoms in total. The smallest absolute Gasteiger partial charge is 0.200 e. The molecule has 0 fully saturated rings. The first kappa shape index (κ1) is 13.6. The maximum atomic E-state index is 13.8. The molecule has 0 aliphatic heterocycles. The quantitative estimate of drug-likeness (QED) is 0.346. The fraction of sp³-hybridized carbons (Fsp3) is 0.0667. The van der Waals surface area contributed by atoms with E-state index >= 15 is 0 Å². The third-order valence-corrected chi connectivity index (χ3v) is 3.28. The summed E-state index contributed by atoms with van der Waals surface area (Å²) in [6, 6.07) is 6.47. The van der Waals surface area contributed by atoms with Gasteiger partial charge in [0.2, 0.25) is 5.82 Å². The van der Waals surface area contributed by atoms with Crippen molar-refractivity contribution < 1.29 is 26.4 Å². The van der Waals surface area contributed by atoms with Crippen LogP contribution in [0.3, 0.4) is 0 Å². The maximum absolute atomic E-state index is 13.8. The molecule has 0 aliphatic carbocycles. The van der Waals surface area contributed by atoms with Gasteiger partial charge < -0.3 is 4.42 Å². The van der Waals surface area contributed by atoms with Crippen LogP contribution in [0, 0.1) is 36.0 Å². The van der Waals surface area contributed by atoms with Crippen molar-refractivity contribution in [3.8, 4) is 11.3 Å². The van der Waals surface area contributed by atoms with E-state index in [0.717, 1.165) is 0 Å². The van der Waals surface area contributed by atoms with Gasteiger partial charge in [0, 0.05) is 10.9 Å². The molecule has 0 radical (unpaired) electrons. The third-order valence-electron chi connectivity index (χ3n) is 3.28. The van der Waals surface area contributed by atoms with Crippen LogP contribution in [0.25, 0.3) is 22.3 Å².